The highest BCUT2D eigenvalue weighted by molar-refractivity contribution is 6.09. The molecule has 0 spiro atoms. The van der Waals surface area contributed by atoms with E-state index in [0.29, 0.717) is 5.71 Å². The van der Waals surface area contributed by atoms with E-state index in [0.717, 1.165) is 22.4 Å². The molecule has 0 aliphatic rings. The Morgan fingerprint density at radius 3 is 2.67 bits per heavy atom. The van der Waals surface area contributed by atoms with E-state index in [-0.39, 0.29) is 0 Å². The van der Waals surface area contributed by atoms with E-state index in [9.17, 15) is 0 Å². The number of rotatable bonds is 3. The lowest BCUT2D eigenvalue weighted by Gasteiger charge is -2.03. The third-order valence-electron chi connectivity index (χ3n) is 2.80. The molecule has 0 saturated heterocycles. The molecule has 18 heavy (non-hydrogen) atoms. The first-order chi connectivity index (χ1) is 8.66. The van der Waals surface area contributed by atoms with Gasteiger partial charge >= 0.3 is 0 Å². The summed E-state index contributed by atoms with van der Waals surface area (Å²) in [7, 11) is 0. The molecule has 1 heterocycles. The van der Waals surface area contributed by atoms with Crippen LogP contribution in [0.4, 0.5) is 0 Å². The first kappa shape index (κ1) is 12.2. The van der Waals surface area contributed by atoms with Gasteiger partial charge in [0.05, 0.1) is 5.71 Å². The third-order valence-corrected chi connectivity index (χ3v) is 2.80. The summed E-state index contributed by atoms with van der Waals surface area (Å²) in [6.07, 6.45) is 5.56. The molecule has 0 unspecified atom stereocenters. The average molecular weight is 236 g/mol. The molecule has 1 aromatic carbocycles. The lowest BCUT2D eigenvalue weighted by molar-refractivity contribution is 1.20. The van der Waals surface area contributed by atoms with Crippen molar-refractivity contribution in [1.29, 1.82) is 5.41 Å². The second-order valence-corrected chi connectivity index (χ2v) is 4.29. The number of nitrogens with one attached hydrogen (secondary N) is 1. The van der Waals surface area contributed by atoms with E-state index in [1.54, 1.807) is 6.20 Å². The van der Waals surface area contributed by atoms with E-state index < -0.39 is 0 Å². The van der Waals surface area contributed by atoms with Crippen molar-refractivity contribution in [3.05, 3.63) is 71.1 Å². The molecule has 0 aliphatic carbocycles. The Bertz CT molecular complexity index is 598. The smallest absolute Gasteiger partial charge is 0.0615 e. The molecule has 0 bridgehead atoms. The monoisotopic (exact) mass is 236 g/mol. The zero-order valence-corrected chi connectivity index (χ0v) is 10.6. The quantitative estimate of drug-likeness (QED) is 0.809. The molecular weight excluding hydrogens is 220 g/mol. The summed E-state index contributed by atoms with van der Waals surface area (Å²) in [5.74, 6) is 0. The van der Waals surface area contributed by atoms with Gasteiger partial charge in [0.1, 0.15) is 0 Å². The van der Waals surface area contributed by atoms with Crippen molar-refractivity contribution in [1.82, 2.24) is 4.98 Å². The second-order valence-electron chi connectivity index (χ2n) is 4.29. The molecule has 0 radical (unpaired) electrons. The number of hydrogen-bond donors (Lipinski definition) is 1. The van der Waals surface area contributed by atoms with E-state index in [4.69, 9.17) is 5.41 Å². The normalized spacial score (nSPS) is 10.8. The lowest BCUT2D eigenvalue weighted by atomic mass is 10.0. The van der Waals surface area contributed by atoms with Crippen LogP contribution in [0.3, 0.4) is 0 Å². The zero-order chi connectivity index (χ0) is 13.0. The Kier molecular flexibility index (Phi) is 3.68. The minimum atomic E-state index is 0.530. The number of allylic oxidation sites excluding steroid dienone is 1. The summed E-state index contributed by atoms with van der Waals surface area (Å²) in [6.45, 7) is 3.98. The van der Waals surface area contributed by atoms with Gasteiger partial charge in [-0.25, -0.2) is 0 Å². The average Bonchev–Trinajstić information content (AvgIpc) is 2.37. The number of benzene rings is 1. The van der Waals surface area contributed by atoms with Crippen molar-refractivity contribution in [3.63, 3.8) is 0 Å². The highest BCUT2D eigenvalue weighted by Crippen LogP contribution is 2.10. The number of aryl methyl sites for hydroxylation is 2. The fraction of sp³-hybridized carbons (Fsp3) is 0.125. The van der Waals surface area contributed by atoms with Crippen LogP contribution in [-0.4, -0.2) is 10.7 Å². The van der Waals surface area contributed by atoms with Crippen LogP contribution in [0.25, 0.3) is 6.08 Å². The van der Waals surface area contributed by atoms with Crippen LogP contribution in [-0.2, 0) is 0 Å². The zero-order valence-electron chi connectivity index (χ0n) is 10.6. The van der Waals surface area contributed by atoms with Crippen molar-refractivity contribution in [2.24, 2.45) is 0 Å². The lowest BCUT2D eigenvalue weighted by Crippen LogP contribution is -1.97. The molecule has 0 amide bonds. The number of aromatic nitrogens is 1. The van der Waals surface area contributed by atoms with Crippen molar-refractivity contribution in [2.45, 2.75) is 13.8 Å². The molecule has 2 aromatic rings. The predicted molar refractivity (Wildman–Crippen MR) is 76.0 cm³/mol. The minimum absolute atomic E-state index is 0.530. The van der Waals surface area contributed by atoms with Crippen molar-refractivity contribution < 1.29 is 0 Å². The van der Waals surface area contributed by atoms with Gasteiger partial charge in [-0.05, 0) is 43.2 Å². The van der Waals surface area contributed by atoms with Crippen molar-refractivity contribution in [2.75, 3.05) is 0 Å². The molecule has 2 nitrogen and oxygen atoms in total. The SMILES string of the molecule is Cc1cc(/C=C/C(=N)c2ccccc2C)ccn1. The summed E-state index contributed by atoms with van der Waals surface area (Å²) in [5, 5.41) is 8.07. The fourth-order valence-electron chi connectivity index (χ4n) is 1.82. The van der Waals surface area contributed by atoms with E-state index >= 15 is 0 Å². The number of pyridine rings is 1. The molecule has 90 valence electrons. The highest BCUT2D eigenvalue weighted by Gasteiger charge is 2.00. The van der Waals surface area contributed by atoms with Gasteiger partial charge in [-0.15, -0.1) is 0 Å². The summed E-state index contributed by atoms with van der Waals surface area (Å²) in [5.41, 5.74) is 4.68. The molecule has 0 fully saturated rings. The summed E-state index contributed by atoms with van der Waals surface area (Å²) in [4.78, 5) is 4.15. The van der Waals surface area contributed by atoms with Gasteiger partial charge in [0.15, 0.2) is 0 Å². The maximum atomic E-state index is 8.07. The number of hydrogen-bond acceptors (Lipinski definition) is 2. The van der Waals surface area contributed by atoms with Gasteiger partial charge in [0.2, 0.25) is 0 Å². The van der Waals surface area contributed by atoms with Gasteiger partial charge < -0.3 is 5.41 Å². The van der Waals surface area contributed by atoms with Crippen LogP contribution in [0.5, 0.6) is 0 Å². The largest absolute Gasteiger partial charge is 0.300 e. The Morgan fingerprint density at radius 1 is 1.17 bits per heavy atom. The van der Waals surface area contributed by atoms with E-state index in [1.807, 2.05) is 62.4 Å². The van der Waals surface area contributed by atoms with Gasteiger partial charge in [0.25, 0.3) is 0 Å². The standard InChI is InChI=1S/C16H16N2/c1-12-5-3-4-6-15(12)16(17)8-7-14-9-10-18-13(2)11-14/h3-11,17H,1-2H3/b8-7+,17-16?. The number of nitrogens with zero attached hydrogens (tertiary/aromatic N) is 1. The molecule has 1 aromatic heterocycles. The van der Waals surface area contributed by atoms with Crippen LogP contribution in [0.15, 0.2) is 48.7 Å². The molecule has 2 heteroatoms. The van der Waals surface area contributed by atoms with Crippen LogP contribution in [0, 0.1) is 19.3 Å². The second kappa shape index (κ2) is 5.41. The van der Waals surface area contributed by atoms with E-state index in [2.05, 4.69) is 4.98 Å². The molecular formula is C16H16N2. The molecule has 2 rings (SSSR count). The van der Waals surface area contributed by atoms with Gasteiger partial charge in [-0.1, -0.05) is 30.3 Å². The molecule has 0 atom stereocenters. The first-order valence-electron chi connectivity index (χ1n) is 5.92. The topological polar surface area (TPSA) is 36.7 Å². The van der Waals surface area contributed by atoms with Crippen molar-refractivity contribution >= 4 is 11.8 Å². The Balaban J connectivity index is 2.20. The Labute approximate surface area is 108 Å². The van der Waals surface area contributed by atoms with Crippen LogP contribution < -0.4 is 0 Å². The van der Waals surface area contributed by atoms with Gasteiger partial charge in [-0.3, -0.25) is 4.98 Å². The summed E-state index contributed by atoms with van der Waals surface area (Å²) < 4.78 is 0. The fourth-order valence-corrected chi connectivity index (χ4v) is 1.82. The highest BCUT2D eigenvalue weighted by atomic mass is 14.6. The molecule has 0 aliphatic heterocycles. The Hall–Kier alpha value is -2.22. The minimum Gasteiger partial charge on any atom is -0.300 e. The van der Waals surface area contributed by atoms with Crippen LogP contribution in [0.2, 0.25) is 0 Å². The van der Waals surface area contributed by atoms with Crippen LogP contribution in [0.1, 0.15) is 22.4 Å². The van der Waals surface area contributed by atoms with Gasteiger partial charge in [0, 0.05) is 17.5 Å². The van der Waals surface area contributed by atoms with Crippen LogP contribution >= 0.6 is 0 Å². The van der Waals surface area contributed by atoms with E-state index in [1.165, 1.54) is 0 Å². The molecule has 1 N–H and O–H groups in total. The maximum absolute atomic E-state index is 8.07. The maximum Gasteiger partial charge on any atom is 0.0615 e. The predicted octanol–water partition coefficient (Wildman–Crippen LogP) is 3.78. The van der Waals surface area contributed by atoms with Crippen molar-refractivity contribution in [3.8, 4) is 0 Å². The summed E-state index contributed by atoms with van der Waals surface area (Å²) in [6, 6.07) is 11.9. The summed E-state index contributed by atoms with van der Waals surface area (Å²) >= 11 is 0. The first-order valence-corrected chi connectivity index (χ1v) is 5.92. The Morgan fingerprint density at radius 2 is 1.94 bits per heavy atom. The van der Waals surface area contributed by atoms with Gasteiger partial charge in [-0.2, -0.15) is 0 Å². The molecule has 0 saturated carbocycles. The third kappa shape index (κ3) is 2.92.